The Hall–Kier alpha value is -2.27. The highest BCUT2D eigenvalue weighted by atomic mass is 35.5. The summed E-state index contributed by atoms with van der Waals surface area (Å²) in [5, 5.41) is 3.07. The van der Waals surface area contributed by atoms with Crippen LogP contribution in [0.1, 0.15) is 5.56 Å². The van der Waals surface area contributed by atoms with E-state index in [0.717, 1.165) is 5.56 Å². The van der Waals surface area contributed by atoms with Crippen LogP contribution in [0.3, 0.4) is 0 Å². The predicted molar refractivity (Wildman–Crippen MR) is 86.6 cm³/mol. The van der Waals surface area contributed by atoms with Crippen molar-refractivity contribution in [3.05, 3.63) is 58.9 Å². The molecule has 1 amide bonds. The molecule has 0 aromatic heterocycles. The zero-order valence-corrected chi connectivity index (χ0v) is 13.4. The summed E-state index contributed by atoms with van der Waals surface area (Å²) in [5.41, 5.74) is 0.989. The Bertz CT molecular complexity index is 679. The molecular formula is C17H17ClFNO3. The van der Waals surface area contributed by atoms with Gasteiger partial charge in [-0.25, -0.2) is 4.39 Å². The summed E-state index contributed by atoms with van der Waals surface area (Å²) < 4.78 is 23.9. The molecule has 0 atom stereocenters. The van der Waals surface area contributed by atoms with Crippen molar-refractivity contribution in [2.45, 2.75) is 6.92 Å². The summed E-state index contributed by atoms with van der Waals surface area (Å²) in [6.45, 7) is 2.17. The summed E-state index contributed by atoms with van der Waals surface area (Å²) in [7, 11) is 0. The maximum atomic E-state index is 13.3. The number of para-hydroxylation sites is 1. The fraction of sp³-hybridized carbons (Fsp3) is 0.235. The summed E-state index contributed by atoms with van der Waals surface area (Å²) >= 11 is 5.98. The number of hydrogen-bond donors (Lipinski definition) is 1. The molecule has 0 aliphatic carbocycles. The van der Waals surface area contributed by atoms with Gasteiger partial charge in [-0.3, -0.25) is 4.79 Å². The third kappa shape index (κ3) is 5.45. The number of carbonyl (C=O) groups excluding carboxylic acids is 1. The normalized spacial score (nSPS) is 10.2. The third-order valence-electron chi connectivity index (χ3n) is 2.96. The van der Waals surface area contributed by atoms with Crippen molar-refractivity contribution in [3.8, 4) is 11.5 Å². The molecule has 0 spiro atoms. The van der Waals surface area contributed by atoms with Crippen LogP contribution in [0.5, 0.6) is 11.5 Å². The molecule has 0 fully saturated rings. The molecule has 0 saturated heterocycles. The Balaban J connectivity index is 1.69. The summed E-state index contributed by atoms with van der Waals surface area (Å²) in [5.74, 6) is -0.120. The Morgan fingerprint density at radius 2 is 1.96 bits per heavy atom. The number of amides is 1. The van der Waals surface area contributed by atoms with Crippen molar-refractivity contribution >= 4 is 17.5 Å². The lowest BCUT2D eigenvalue weighted by Crippen LogP contribution is -2.32. The Labute approximate surface area is 139 Å². The predicted octanol–water partition coefficient (Wildman–Crippen LogP) is 3.36. The number of rotatable bonds is 7. The van der Waals surface area contributed by atoms with E-state index in [-0.39, 0.29) is 31.4 Å². The fourth-order valence-electron chi connectivity index (χ4n) is 1.83. The van der Waals surface area contributed by atoms with Gasteiger partial charge in [0.15, 0.2) is 18.2 Å². The molecule has 0 radical (unpaired) electrons. The highest BCUT2D eigenvalue weighted by molar-refractivity contribution is 6.32. The third-order valence-corrected chi connectivity index (χ3v) is 3.28. The van der Waals surface area contributed by atoms with E-state index in [1.54, 1.807) is 24.3 Å². The molecule has 0 saturated carbocycles. The summed E-state index contributed by atoms with van der Waals surface area (Å²) in [4.78, 5) is 11.7. The average Bonchev–Trinajstić information content (AvgIpc) is 2.54. The van der Waals surface area contributed by atoms with Crippen molar-refractivity contribution in [1.82, 2.24) is 5.32 Å². The first-order valence-corrected chi connectivity index (χ1v) is 7.47. The van der Waals surface area contributed by atoms with Crippen molar-refractivity contribution in [2.75, 3.05) is 19.8 Å². The SMILES string of the molecule is Cc1ccc(Cl)c(OCC(=O)NCCOc2ccccc2F)c1. The van der Waals surface area contributed by atoms with Crippen LogP contribution >= 0.6 is 11.6 Å². The molecule has 2 aromatic carbocycles. The zero-order valence-electron chi connectivity index (χ0n) is 12.6. The van der Waals surface area contributed by atoms with E-state index in [4.69, 9.17) is 21.1 Å². The largest absolute Gasteiger partial charge is 0.489 e. The van der Waals surface area contributed by atoms with E-state index in [9.17, 15) is 9.18 Å². The summed E-state index contributed by atoms with van der Waals surface area (Å²) in [6.07, 6.45) is 0. The van der Waals surface area contributed by atoms with Crippen LogP contribution in [-0.2, 0) is 4.79 Å². The molecule has 0 unspecified atom stereocenters. The lowest BCUT2D eigenvalue weighted by molar-refractivity contribution is -0.123. The summed E-state index contributed by atoms with van der Waals surface area (Å²) in [6, 6.07) is 11.4. The van der Waals surface area contributed by atoms with Gasteiger partial charge in [-0.05, 0) is 36.8 Å². The number of nitrogens with one attached hydrogen (secondary N) is 1. The number of hydrogen-bond acceptors (Lipinski definition) is 3. The highest BCUT2D eigenvalue weighted by Gasteiger charge is 2.06. The van der Waals surface area contributed by atoms with Gasteiger partial charge in [-0.1, -0.05) is 29.8 Å². The average molecular weight is 338 g/mol. The van der Waals surface area contributed by atoms with Gasteiger partial charge in [0.1, 0.15) is 12.4 Å². The highest BCUT2D eigenvalue weighted by Crippen LogP contribution is 2.25. The molecule has 2 rings (SSSR count). The molecule has 6 heteroatoms. The van der Waals surface area contributed by atoms with Gasteiger partial charge in [-0.15, -0.1) is 0 Å². The second kappa shape index (κ2) is 8.39. The molecule has 0 bridgehead atoms. The van der Waals surface area contributed by atoms with Crippen LogP contribution in [-0.4, -0.2) is 25.7 Å². The zero-order chi connectivity index (χ0) is 16.7. The van der Waals surface area contributed by atoms with Gasteiger partial charge in [0.05, 0.1) is 11.6 Å². The topological polar surface area (TPSA) is 47.6 Å². The lowest BCUT2D eigenvalue weighted by Gasteiger charge is -2.10. The van der Waals surface area contributed by atoms with Gasteiger partial charge in [0, 0.05) is 0 Å². The first-order chi connectivity index (χ1) is 11.1. The first kappa shape index (κ1) is 17.1. The van der Waals surface area contributed by atoms with Gasteiger partial charge in [0.25, 0.3) is 5.91 Å². The van der Waals surface area contributed by atoms with Crippen LogP contribution in [0.2, 0.25) is 5.02 Å². The van der Waals surface area contributed by atoms with Crippen LogP contribution in [0.25, 0.3) is 0 Å². The molecule has 122 valence electrons. The molecular weight excluding hydrogens is 321 g/mol. The number of carbonyl (C=O) groups is 1. The standard InChI is InChI=1S/C17H17ClFNO3/c1-12-6-7-13(18)16(10-12)23-11-17(21)20-8-9-22-15-5-3-2-4-14(15)19/h2-7,10H,8-9,11H2,1H3,(H,20,21). The first-order valence-electron chi connectivity index (χ1n) is 7.09. The van der Waals surface area contributed by atoms with Crippen LogP contribution in [0, 0.1) is 12.7 Å². The van der Waals surface area contributed by atoms with E-state index in [1.807, 2.05) is 13.0 Å². The molecule has 0 aliphatic rings. The molecule has 0 aliphatic heterocycles. The van der Waals surface area contributed by atoms with Crippen molar-refractivity contribution in [3.63, 3.8) is 0 Å². The molecule has 23 heavy (non-hydrogen) atoms. The quantitative estimate of drug-likeness (QED) is 0.788. The minimum atomic E-state index is -0.434. The van der Waals surface area contributed by atoms with E-state index in [2.05, 4.69) is 5.32 Å². The van der Waals surface area contributed by atoms with Gasteiger partial charge < -0.3 is 14.8 Å². The lowest BCUT2D eigenvalue weighted by atomic mass is 10.2. The number of ether oxygens (including phenoxy) is 2. The Morgan fingerprint density at radius 3 is 2.74 bits per heavy atom. The van der Waals surface area contributed by atoms with Gasteiger partial charge in [-0.2, -0.15) is 0 Å². The Kier molecular flexibility index (Phi) is 6.23. The maximum Gasteiger partial charge on any atom is 0.258 e. The second-order valence-corrected chi connectivity index (χ2v) is 5.26. The second-order valence-electron chi connectivity index (χ2n) is 4.85. The minimum absolute atomic E-state index is 0.150. The Morgan fingerprint density at radius 1 is 1.17 bits per heavy atom. The van der Waals surface area contributed by atoms with E-state index < -0.39 is 5.82 Å². The fourth-order valence-corrected chi connectivity index (χ4v) is 2.00. The smallest absolute Gasteiger partial charge is 0.258 e. The maximum absolute atomic E-state index is 13.3. The van der Waals surface area contributed by atoms with Crippen LogP contribution in [0.15, 0.2) is 42.5 Å². The van der Waals surface area contributed by atoms with E-state index in [1.165, 1.54) is 12.1 Å². The van der Waals surface area contributed by atoms with Crippen molar-refractivity contribution in [2.24, 2.45) is 0 Å². The minimum Gasteiger partial charge on any atom is -0.489 e. The molecule has 0 heterocycles. The van der Waals surface area contributed by atoms with Crippen molar-refractivity contribution < 1.29 is 18.7 Å². The molecule has 1 N–H and O–H groups in total. The number of aryl methyl sites for hydroxylation is 1. The number of halogens is 2. The van der Waals surface area contributed by atoms with Crippen LogP contribution in [0.4, 0.5) is 4.39 Å². The van der Waals surface area contributed by atoms with E-state index in [0.29, 0.717) is 10.8 Å². The monoisotopic (exact) mass is 337 g/mol. The van der Waals surface area contributed by atoms with Gasteiger partial charge >= 0.3 is 0 Å². The van der Waals surface area contributed by atoms with Crippen molar-refractivity contribution in [1.29, 1.82) is 0 Å². The molecule has 2 aromatic rings. The van der Waals surface area contributed by atoms with E-state index >= 15 is 0 Å². The van der Waals surface area contributed by atoms with Gasteiger partial charge in [0.2, 0.25) is 0 Å². The molecule has 4 nitrogen and oxygen atoms in total. The van der Waals surface area contributed by atoms with Crippen LogP contribution < -0.4 is 14.8 Å². The number of benzene rings is 2.